The summed E-state index contributed by atoms with van der Waals surface area (Å²) in [4.78, 5) is 11.1. The van der Waals surface area contributed by atoms with Crippen LogP contribution in [0, 0.1) is 0 Å². The van der Waals surface area contributed by atoms with Gasteiger partial charge in [0.2, 0.25) is 0 Å². The van der Waals surface area contributed by atoms with Crippen LogP contribution < -0.4 is 10.5 Å². The van der Waals surface area contributed by atoms with Gasteiger partial charge in [0.15, 0.2) is 0 Å². The van der Waals surface area contributed by atoms with E-state index >= 15 is 0 Å². The number of nitrogens with two attached hydrogens (primary N) is 1. The molecule has 1 aromatic rings. The Balaban J connectivity index is 1.95. The topological polar surface area (TPSA) is 61.5 Å². The Labute approximate surface area is 126 Å². The van der Waals surface area contributed by atoms with Crippen molar-refractivity contribution in [1.82, 2.24) is 0 Å². The van der Waals surface area contributed by atoms with Crippen LogP contribution in [0.25, 0.3) is 0 Å². The Morgan fingerprint density at radius 3 is 2.90 bits per heavy atom. The molecule has 116 valence electrons. The number of benzene rings is 1. The van der Waals surface area contributed by atoms with E-state index in [0.717, 1.165) is 31.4 Å². The molecule has 2 atom stereocenters. The van der Waals surface area contributed by atoms with E-state index in [0.29, 0.717) is 18.9 Å². The van der Waals surface area contributed by atoms with Crippen LogP contribution >= 0.6 is 0 Å². The molecule has 2 rings (SSSR count). The molecule has 0 bridgehead atoms. The van der Waals surface area contributed by atoms with Crippen LogP contribution in [0.15, 0.2) is 18.2 Å². The standard InChI is InChI=1S/C17H25NO3/c1-3-21-13-9-8-12-10-16(18)14(15(12)11-13)6-4-5-7-17(19)20-2/h8-9,11,14,16H,3-7,10,18H2,1-2H3. The third kappa shape index (κ3) is 3.97. The molecule has 2 N–H and O–H groups in total. The van der Waals surface area contributed by atoms with Gasteiger partial charge in [0.25, 0.3) is 0 Å². The summed E-state index contributed by atoms with van der Waals surface area (Å²) in [5.74, 6) is 1.16. The summed E-state index contributed by atoms with van der Waals surface area (Å²) in [5.41, 5.74) is 8.95. The zero-order chi connectivity index (χ0) is 15.2. The summed E-state index contributed by atoms with van der Waals surface area (Å²) < 4.78 is 10.2. The lowest BCUT2D eigenvalue weighted by Gasteiger charge is -2.17. The predicted octanol–water partition coefficient (Wildman–Crippen LogP) is 2.79. The average molecular weight is 291 g/mol. The molecule has 0 saturated heterocycles. The number of fused-ring (bicyclic) bond motifs is 1. The van der Waals surface area contributed by atoms with Gasteiger partial charge >= 0.3 is 5.97 Å². The molecule has 1 aromatic carbocycles. The number of methoxy groups -OCH3 is 1. The maximum absolute atomic E-state index is 11.1. The highest BCUT2D eigenvalue weighted by atomic mass is 16.5. The number of esters is 1. The fourth-order valence-electron chi connectivity index (χ4n) is 3.09. The number of hydrogen-bond donors (Lipinski definition) is 1. The second-order valence-corrected chi connectivity index (χ2v) is 5.59. The van der Waals surface area contributed by atoms with Gasteiger partial charge < -0.3 is 15.2 Å². The van der Waals surface area contributed by atoms with Crippen molar-refractivity contribution in [2.45, 2.75) is 51.0 Å². The van der Waals surface area contributed by atoms with Gasteiger partial charge in [0.05, 0.1) is 13.7 Å². The fraction of sp³-hybridized carbons (Fsp3) is 0.588. The smallest absolute Gasteiger partial charge is 0.305 e. The minimum Gasteiger partial charge on any atom is -0.494 e. The SMILES string of the molecule is CCOc1ccc2c(c1)C(CCCCC(=O)OC)C(N)C2. The Kier molecular flexibility index (Phi) is 5.62. The van der Waals surface area contributed by atoms with Crippen molar-refractivity contribution in [2.24, 2.45) is 5.73 Å². The largest absolute Gasteiger partial charge is 0.494 e. The van der Waals surface area contributed by atoms with E-state index < -0.39 is 0 Å². The highest BCUT2D eigenvalue weighted by Crippen LogP contribution is 2.38. The number of carbonyl (C=O) groups is 1. The average Bonchev–Trinajstić information content (AvgIpc) is 2.79. The quantitative estimate of drug-likeness (QED) is 0.620. The molecule has 21 heavy (non-hydrogen) atoms. The maximum atomic E-state index is 11.1. The van der Waals surface area contributed by atoms with Gasteiger partial charge in [-0.05, 0) is 55.4 Å². The molecule has 0 amide bonds. The van der Waals surface area contributed by atoms with Gasteiger partial charge in [0.1, 0.15) is 5.75 Å². The second-order valence-electron chi connectivity index (χ2n) is 5.59. The minimum atomic E-state index is -0.134. The van der Waals surface area contributed by atoms with Crippen molar-refractivity contribution in [3.8, 4) is 5.75 Å². The maximum Gasteiger partial charge on any atom is 0.305 e. The Hall–Kier alpha value is -1.55. The molecule has 0 aromatic heterocycles. The Morgan fingerprint density at radius 1 is 1.38 bits per heavy atom. The van der Waals surface area contributed by atoms with E-state index in [1.54, 1.807) is 0 Å². The van der Waals surface area contributed by atoms with Gasteiger partial charge in [-0.3, -0.25) is 4.79 Å². The lowest BCUT2D eigenvalue weighted by Crippen LogP contribution is -2.24. The van der Waals surface area contributed by atoms with Crippen molar-refractivity contribution >= 4 is 5.97 Å². The highest BCUT2D eigenvalue weighted by Gasteiger charge is 2.29. The number of carbonyl (C=O) groups excluding carboxylic acids is 1. The van der Waals surface area contributed by atoms with Crippen LogP contribution in [0.2, 0.25) is 0 Å². The van der Waals surface area contributed by atoms with Crippen molar-refractivity contribution < 1.29 is 14.3 Å². The van der Waals surface area contributed by atoms with Gasteiger partial charge in [-0.2, -0.15) is 0 Å². The van der Waals surface area contributed by atoms with Gasteiger partial charge in [0, 0.05) is 12.5 Å². The molecule has 0 spiro atoms. The summed E-state index contributed by atoms with van der Waals surface area (Å²) in [6, 6.07) is 6.47. The first kappa shape index (κ1) is 15.8. The molecule has 0 aliphatic heterocycles. The van der Waals surface area contributed by atoms with Crippen molar-refractivity contribution in [1.29, 1.82) is 0 Å². The predicted molar refractivity (Wildman–Crippen MR) is 82.5 cm³/mol. The second kappa shape index (κ2) is 7.46. The monoisotopic (exact) mass is 291 g/mol. The summed E-state index contributed by atoms with van der Waals surface area (Å²) in [6.45, 7) is 2.66. The minimum absolute atomic E-state index is 0.134. The molecule has 0 saturated carbocycles. The Bertz CT molecular complexity index is 487. The third-order valence-electron chi connectivity index (χ3n) is 4.17. The summed E-state index contributed by atoms with van der Waals surface area (Å²) >= 11 is 0. The zero-order valence-electron chi connectivity index (χ0n) is 12.9. The van der Waals surface area contributed by atoms with E-state index in [1.807, 2.05) is 13.0 Å². The van der Waals surface area contributed by atoms with Crippen molar-refractivity contribution in [2.75, 3.05) is 13.7 Å². The molecule has 0 fully saturated rings. The van der Waals surface area contributed by atoms with Crippen LogP contribution in [0.4, 0.5) is 0 Å². The van der Waals surface area contributed by atoms with Gasteiger partial charge in [-0.15, -0.1) is 0 Å². The summed E-state index contributed by atoms with van der Waals surface area (Å²) in [5, 5.41) is 0. The van der Waals surface area contributed by atoms with E-state index in [9.17, 15) is 4.79 Å². The molecular formula is C17H25NO3. The van der Waals surface area contributed by atoms with Crippen LogP contribution in [-0.2, 0) is 16.0 Å². The first-order chi connectivity index (χ1) is 10.2. The molecule has 2 unspecified atom stereocenters. The highest BCUT2D eigenvalue weighted by molar-refractivity contribution is 5.68. The normalized spacial score (nSPS) is 20.1. The molecule has 4 nitrogen and oxygen atoms in total. The first-order valence-electron chi connectivity index (χ1n) is 7.73. The van der Waals surface area contributed by atoms with Crippen LogP contribution in [-0.4, -0.2) is 25.7 Å². The Morgan fingerprint density at radius 2 is 2.19 bits per heavy atom. The van der Waals surface area contributed by atoms with E-state index in [1.165, 1.54) is 18.2 Å². The third-order valence-corrected chi connectivity index (χ3v) is 4.17. The molecular weight excluding hydrogens is 266 g/mol. The number of rotatable bonds is 7. The number of ether oxygens (including phenoxy) is 2. The molecule has 0 heterocycles. The van der Waals surface area contributed by atoms with Crippen molar-refractivity contribution in [3.05, 3.63) is 29.3 Å². The lowest BCUT2D eigenvalue weighted by molar-refractivity contribution is -0.140. The van der Waals surface area contributed by atoms with E-state index in [-0.39, 0.29) is 12.0 Å². The molecule has 1 aliphatic carbocycles. The van der Waals surface area contributed by atoms with Gasteiger partial charge in [-0.25, -0.2) is 0 Å². The van der Waals surface area contributed by atoms with Crippen LogP contribution in [0.3, 0.4) is 0 Å². The first-order valence-corrected chi connectivity index (χ1v) is 7.73. The molecule has 1 aliphatic rings. The number of hydrogen-bond acceptors (Lipinski definition) is 4. The summed E-state index contributed by atoms with van der Waals surface area (Å²) in [7, 11) is 1.43. The van der Waals surface area contributed by atoms with E-state index in [4.69, 9.17) is 10.5 Å². The van der Waals surface area contributed by atoms with Gasteiger partial charge in [-0.1, -0.05) is 12.5 Å². The number of unbranched alkanes of at least 4 members (excludes halogenated alkanes) is 1. The van der Waals surface area contributed by atoms with Crippen LogP contribution in [0.1, 0.15) is 49.7 Å². The summed E-state index contributed by atoms with van der Waals surface area (Å²) in [6.07, 6.45) is 4.29. The zero-order valence-corrected chi connectivity index (χ0v) is 12.9. The fourth-order valence-corrected chi connectivity index (χ4v) is 3.09. The molecule has 0 radical (unpaired) electrons. The lowest BCUT2D eigenvalue weighted by atomic mass is 9.92. The molecule has 4 heteroatoms. The van der Waals surface area contributed by atoms with Crippen LogP contribution in [0.5, 0.6) is 5.75 Å². The van der Waals surface area contributed by atoms with E-state index in [2.05, 4.69) is 16.9 Å². The van der Waals surface area contributed by atoms with Crippen molar-refractivity contribution in [3.63, 3.8) is 0 Å².